The molecule has 94 valence electrons. The summed E-state index contributed by atoms with van der Waals surface area (Å²) in [5, 5.41) is 8.97. The molecular weight excluding hydrogens is 220 g/mol. The summed E-state index contributed by atoms with van der Waals surface area (Å²) in [6.45, 7) is 7.46. The topological polar surface area (TPSA) is 63.6 Å². The molecule has 4 nitrogen and oxygen atoms in total. The Morgan fingerprint density at radius 3 is 2.47 bits per heavy atom. The molecule has 0 radical (unpaired) electrons. The zero-order chi connectivity index (χ0) is 13.2. The highest BCUT2D eigenvalue weighted by Crippen LogP contribution is 2.58. The zero-order valence-electron chi connectivity index (χ0n) is 10.6. The van der Waals surface area contributed by atoms with E-state index in [-0.39, 0.29) is 17.3 Å². The lowest BCUT2D eigenvalue weighted by Gasteiger charge is -1.98. The number of rotatable bonds is 4. The molecule has 1 fully saturated rings. The van der Waals surface area contributed by atoms with E-state index in [4.69, 9.17) is 9.84 Å². The van der Waals surface area contributed by atoms with Gasteiger partial charge in [0, 0.05) is 5.92 Å². The van der Waals surface area contributed by atoms with Crippen molar-refractivity contribution >= 4 is 11.9 Å². The summed E-state index contributed by atoms with van der Waals surface area (Å²) in [7, 11) is 0. The maximum absolute atomic E-state index is 11.3. The normalized spacial score (nSPS) is 24.5. The molecule has 4 heteroatoms. The van der Waals surface area contributed by atoms with Crippen molar-refractivity contribution in [2.45, 2.75) is 27.7 Å². The van der Waals surface area contributed by atoms with E-state index < -0.39 is 11.9 Å². The molecule has 2 atom stereocenters. The summed E-state index contributed by atoms with van der Waals surface area (Å²) in [4.78, 5) is 22.2. The van der Waals surface area contributed by atoms with Crippen molar-refractivity contribution in [3.63, 3.8) is 0 Å². The Morgan fingerprint density at radius 1 is 1.47 bits per heavy atom. The van der Waals surface area contributed by atoms with Crippen LogP contribution < -0.4 is 0 Å². The van der Waals surface area contributed by atoms with Crippen LogP contribution in [-0.4, -0.2) is 23.7 Å². The second-order valence-corrected chi connectivity index (χ2v) is 4.82. The molecule has 1 aliphatic rings. The monoisotopic (exact) mass is 238 g/mol. The Kier molecular flexibility index (Phi) is 3.79. The van der Waals surface area contributed by atoms with Crippen LogP contribution in [0.4, 0.5) is 0 Å². The van der Waals surface area contributed by atoms with Gasteiger partial charge in [-0.1, -0.05) is 13.8 Å². The summed E-state index contributed by atoms with van der Waals surface area (Å²) in [5.74, 6) is -1.66. The Balaban J connectivity index is 2.76. The minimum Gasteiger partial charge on any atom is -0.481 e. The second kappa shape index (κ2) is 4.76. The molecule has 1 aliphatic carbocycles. The first-order valence-corrected chi connectivity index (χ1v) is 5.65. The minimum absolute atomic E-state index is 0.0654. The van der Waals surface area contributed by atoms with Crippen LogP contribution >= 0.6 is 0 Å². The molecule has 0 aromatic heterocycles. The molecular formula is C13H18O4. The fourth-order valence-corrected chi connectivity index (χ4v) is 1.97. The van der Waals surface area contributed by atoms with Gasteiger partial charge in [-0.15, -0.1) is 5.73 Å². The van der Waals surface area contributed by atoms with Crippen molar-refractivity contribution in [1.29, 1.82) is 0 Å². The summed E-state index contributed by atoms with van der Waals surface area (Å²) in [5.41, 5.74) is 2.94. The van der Waals surface area contributed by atoms with Crippen molar-refractivity contribution in [2.24, 2.45) is 17.3 Å². The third-order valence-electron chi connectivity index (χ3n) is 3.24. The van der Waals surface area contributed by atoms with Crippen molar-refractivity contribution in [3.8, 4) is 0 Å². The summed E-state index contributed by atoms with van der Waals surface area (Å²) < 4.78 is 4.81. The van der Waals surface area contributed by atoms with Crippen molar-refractivity contribution < 1.29 is 19.4 Å². The van der Waals surface area contributed by atoms with E-state index >= 15 is 0 Å². The number of ether oxygens (including phenoxy) is 1. The SMILES string of the molecule is CCOC(=O)C(C)=C=C[C@@H]1[C@@H](C(=O)O)C1(C)C. The highest BCUT2D eigenvalue weighted by molar-refractivity contribution is 5.87. The summed E-state index contributed by atoms with van der Waals surface area (Å²) in [6.07, 6.45) is 1.67. The molecule has 17 heavy (non-hydrogen) atoms. The van der Waals surface area contributed by atoms with Gasteiger partial charge in [-0.3, -0.25) is 4.79 Å². The Morgan fingerprint density at radius 2 is 2.06 bits per heavy atom. The highest BCUT2D eigenvalue weighted by atomic mass is 16.5. The molecule has 0 amide bonds. The lowest BCUT2D eigenvalue weighted by molar-refractivity contribution is -0.140. The van der Waals surface area contributed by atoms with Gasteiger partial charge in [-0.25, -0.2) is 4.79 Å². The van der Waals surface area contributed by atoms with Crippen LogP contribution in [0, 0.1) is 17.3 Å². The largest absolute Gasteiger partial charge is 0.481 e. The fourth-order valence-electron chi connectivity index (χ4n) is 1.97. The average molecular weight is 238 g/mol. The molecule has 0 unspecified atom stereocenters. The third-order valence-corrected chi connectivity index (χ3v) is 3.24. The van der Waals surface area contributed by atoms with Crippen molar-refractivity contribution in [3.05, 3.63) is 17.4 Å². The van der Waals surface area contributed by atoms with Gasteiger partial charge in [0.15, 0.2) is 0 Å². The number of esters is 1. The first kappa shape index (κ1) is 13.5. The number of carbonyl (C=O) groups is 2. The van der Waals surface area contributed by atoms with E-state index in [1.807, 2.05) is 13.8 Å². The Labute approximate surface area is 101 Å². The minimum atomic E-state index is -0.799. The van der Waals surface area contributed by atoms with Crippen LogP contribution in [0.2, 0.25) is 0 Å². The van der Waals surface area contributed by atoms with Gasteiger partial charge in [-0.2, -0.15) is 0 Å². The maximum Gasteiger partial charge on any atom is 0.341 e. The molecule has 0 bridgehead atoms. The average Bonchev–Trinajstić information content (AvgIpc) is 2.77. The Bertz CT molecular complexity index is 400. The van der Waals surface area contributed by atoms with Gasteiger partial charge >= 0.3 is 11.9 Å². The van der Waals surface area contributed by atoms with Gasteiger partial charge < -0.3 is 9.84 Å². The van der Waals surface area contributed by atoms with Crippen LogP contribution in [0.15, 0.2) is 17.4 Å². The number of aliphatic carboxylic acids is 1. The number of carbonyl (C=O) groups excluding carboxylic acids is 1. The first-order chi connectivity index (χ1) is 7.82. The second-order valence-electron chi connectivity index (χ2n) is 4.82. The number of carboxylic acid groups (broad SMARTS) is 1. The smallest absolute Gasteiger partial charge is 0.341 e. The van der Waals surface area contributed by atoms with Gasteiger partial charge in [0.2, 0.25) is 0 Å². The molecule has 1 rings (SSSR count). The van der Waals surface area contributed by atoms with E-state index in [2.05, 4.69) is 5.73 Å². The lowest BCUT2D eigenvalue weighted by atomic mass is 10.1. The molecule has 1 saturated carbocycles. The van der Waals surface area contributed by atoms with Crippen LogP contribution in [0.3, 0.4) is 0 Å². The molecule has 0 aromatic carbocycles. The van der Waals surface area contributed by atoms with E-state index in [1.54, 1.807) is 19.9 Å². The van der Waals surface area contributed by atoms with Gasteiger partial charge in [0.1, 0.15) is 0 Å². The van der Waals surface area contributed by atoms with Crippen LogP contribution in [0.1, 0.15) is 27.7 Å². The highest BCUT2D eigenvalue weighted by Gasteiger charge is 2.60. The van der Waals surface area contributed by atoms with Crippen LogP contribution in [0.25, 0.3) is 0 Å². The third kappa shape index (κ3) is 2.77. The summed E-state index contributed by atoms with van der Waals surface area (Å²) in [6, 6.07) is 0. The maximum atomic E-state index is 11.3. The number of carboxylic acids is 1. The molecule has 0 aromatic rings. The van der Waals surface area contributed by atoms with Crippen molar-refractivity contribution in [1.82, 2.24) is 0 Å². The van der Waals surface area contributed by atoms with E-state index in [1.165, 1.54) is 0 Å². The molecule has 1 N–H and O–H groups in total. The Hall–Kier alpha value is -1.54. The number of hydrogen-bond acceptors (Lipinski definition) is 3. The van der Waals surface area contributed by atoms with Gasteiger partial charge in [-0.05, 0) is 25.3 Å². The summed E-state index contributed by atoms with van der Waals surface area (Å²) >= 11 is 0. The van der Waals surface area contributed by atoms with E-state index in [0.29, 0.717) is 12.2 Å². The van der Waals surface area contributed by atoms with Gasteiger partial charge in [0.05, 0.1) is 18.1 Å². The predicted molar refractivity (Wildman–Crippen MR) is 62.3 cm³/mol. The molecule has 0 spiro atoms. The molecule has 0 heterocycles. The molecule has 0 aliphatic heterocycles. The van der Waals surface area contributed by atoms with Crippen LogP contribution in [-0.2, 0) is 14.3 Å². The van der Waals surface area contributed by atoms with Crippen LogP contribution in [0.5, 0.6) is 0 Å². The van der Waals surface area contributed by atoms with Crippen molar-refractivity contribution in [2.75, 3.05) is 6.61 Å². The van der Waals surface area contributed by atoms with E-state index in [9.17, 15) is 9.59 Å². The first-order valence-electron chi connectivity index (χ1n) is 5.65. The fraction of sp³-hybridized carbons (Fsp3) is 0.615. The zero-order valence-corrected chi connectivity index (χ0v) is 10.6. The standard InChI is InChI=1S/C13H18O4/c1-5-17-12(16)8(2)6-7-9-10(11(14)15)13(9,3)4/h7,9-10H,5H2,1-4H3,(H,14,15)/t6?,9-,10+/m1/s1. The number of hydrogen-bond donors (Lipinski definition) is 1. The quantitative estimate of drug-likeness (QED) is 0.462. The lowest BCUT2D eigenvalue weighted by Crippen LogP contribution is -2.04. The van der Waals surface area contributed by atoms with Gasteiger partial charge in [0.25, 0.3) is 0 Å². The molecule has 0 saturated heterocycles. The predicted octanol–water partition coefficient (Wildman–Crippen LogP) is 2.01. The van der Waals surface area contributed by atoms with E-state index in [0.717, 1.165) is 0 Å².